The molecule has 0 bridgehead atoms. The zero-order valence-electron chi connectivity index (χ0n) is 11.8. The van der Waals surface area contributed by atoms with E-state index in [0.717, 1.165) is 33.6 Å². The number of pyridine rings is 1. The molecule has 3 heteroatoms. The van der Waals surface area contributed by atoms with E-state index in [2.05, 4.69) is 17.6 Å². The number of aromatic nitrogens is 1. The summed E-state index contributed by atoms with van der Waals surface area (Å²) < 4.78 is 5.84. The highest BCUT2D eigenvalue weighted by Gasteiger charge is 2.11. The Morgan fingerprint density at radius 1 is 1.24 bits per heavy atom. The average Bonchev–Trinajstić information content (AvgIpc) is 2.84. The quantitative estimate of drug-likeness (QED) is 0.674. The number of benzene rings is 1. The van der Waals surface area contributed by atoms with Crippen molar-refractivity contribution in [3.63, 3.8) is 0 Å². The summed E-state index contributed by atoms with van der Waals surface area (Å²) in [6, 6.07) is 9.79. The van der Waals surface area contributed by atoms with Gasteiger partial charge in [0, 0.05) is 22.7 Å². The van der Waals surface area contributed by atoms with Crippen molar-refractivity contribution in [3.05, 3.63) is 60.5 Å². The second kappa shape index (κ2) is 5.45. The van der Waals surface area contributed by atoms with Gasteiger partial charge in [0.1, 0.15) is 19.2 Å². The molecule has 0 spiro atoms. The number of fused-ring (bicyclic) bond motifs is 1. The van der Waals surface area contributed by atoms with Gasteiger partial charge in [-0.05, 0) is 37.3 Å². The molecule has 2 radical (unpaired) electrons. The molecule has 3 rings (SSSR count). The lowest BCUT2D eigenvalue weighted by molar-refractivity contribution is 0.603. The lowest BCUT2D eigenvalue weighted by Crippen LogP contribution is -2.01. The largest absolute Gasteiger partial charge is 0.456 e. The Labute approximate surface area is 125 Å². The van der Waals surface area contributed by atoms with Crippen LogP contribution in [0.5, 0.6) is 0 Å². The Morgan fingerprint density at radius 3 is 2.76 bits per heavy atom. The molecule has 2 aromatic heterocycles. The summed E-state index contributed by atoms with van der Waals surface area (Å²) in [4.78, 5) is 4.36. The minimum atomic E-state index is 0.658. The molecule has 0 amide bonds. The molecule has 2 nitrogen and oxygen atoms in total. The molecule has 2 heterocycles. The summed E-state index contributed by atoms with van der Waals surface area (Å²) in [5.74, 6) is 0.824. The first-order valence-corrected chi connectivity index (χ1v) is 6.76. The van der Waals surface area contributed by atoms with Crippen LogP contribution < -0.4 is 5.46 Å². The number of furan rings is 1. The average molecular weight is 271 g/mol. The standard InChI is InChI=1S/C18H14BNO/c1-3-5-17-14(4-2)15-10-12(6-9-18(15)21-17)16-8-7-13(19)11-20-16/h3-11H,2H2,1H3/b5-3-. The lowest BCUT2D eigenvalue weighted by atomic mass is 9.97. The van der Waals surface area contributed by atoms with E-state index in [1.807, 2.05) is 49.4 Å². The van der Waals surface area contributed by atoms with Gasteiger partial charge < -0.3 is 4.42 Å². The van der Waals surface area contributed by atoms with Crippen molar-refractivity contribution in [1.29, 1.82) is 0 Å². The van der Waals surface area contributed by atoms with Crippen LogP contribution in [0.1, 0.15) is 18.2 Å². The van der Waals surface area contributed by atoms with Gasteiger partial charge in [-0.2, -0.15) is 0 Å². The molecule has 0 atom stereocenters. The van der Waals surface area contributed by atoms with Crippen molar-refractivity contribution in [1.82, 2.24) is 4.98 Å². The van der Waals surface area contributed by atoms with E-state index < -0.39 is 0 Å². The van der Waals surface area contributed by atoms with Crippen molar-refractivity contribution in [3.8, 4) is 11.3 Å². The van der Waals surface area contributed by atoms with E-state index in [-0.39, 0.29) is 0 Å². The maximum absolute atomic E-state index is 5.84. The minimum Gasteiger partial charge on any atom is -0.456 e. The monoisotopic (exact) mass is 271 g/mol. The summed E-state index contributed by atoms with van der Waals surface area (Å²) in [6.45, 7) is 5.85. The van der Waals surface area contributed by atoms with Crippen LogP contribution in [0.15, 0.2) is 53.6 Å². The third-order valence-electron chi connectivity index (χ3n) is 3.36. The van der Waals surface area contributed by atoms with E-state index in [9.17, 15) is 0 Å². The number of allylic oxidation sites excluding steroid dienone is 1. The first-order chi connectivity index (χ1) is 10.2. The van der Waals surface area contributed by atoms with Gasteiger partial charge in [0.15, 0.2) is 0 Å². The van der Waals surface area contributed by atoms with Crippen molar-refractivity contribution in [2.24, 2.45) is 0 Å². The fraction of sp³-hybridized carbons (Fsp3) is 0.0556. The lowest BCUT2D eigenvalue weighted by Gasteiger charge is -2.01. The molecule has 1 aromatic carbocycles. The fourth-order valence-electron chi connectivity index (χ4n) is 2.36. The van der Waals surface area contributed by atoms with Gasteiger partial charge in [-0.1, -0.05) is 30.3 Å². The Balaban J connectivity index is 2.19. The van der Waals surface area contributed by atoms with Crippen LogP contribution in [0.4, 0.5) is 0 Å². The van der Waals surface area contributed by atoms with Gasteiger partial charge in [0.2, 0.25) is 0 Å². The second-order valence-electron chi connectivity index (χ2n) is 4.77. The smallest absolute Gasteiger partial charge is 0.135 e. The molecule has 0 aliphatic rings. The van der Waals surface area contributed by atoms with Gasteiger partial charge >= 0.3 is 0 Å². The van der Waals surface area contributed by atoms with E-state index in [4.69, 9.17) is 12.3 Å². The summed E-state index contributed by atoms with van der Waals surface area (Å²) in [5, 5.41) is 1.04. The molecular weight excluding hydrogens is 257 g/mol. The van der Waals surface area contributed by atoms with Crippen LogP contribution in [0, 0.1) is 0 Å². The van der Waals surface area contributed by atoms with E-state index in [1.54, 1.807) is 6.20 Å². The maximum atomic E-state index is 5.84. The van der Waals surface area contributed by atoms with Crippen LogP contribution in [0.25, 0.3) is 34.4 Å². The SMILES string of the molecule is [B]c1ccc(-c2ccc3oc(/C=C\C)c(C=C)c3c2)nc1. The van der Waals surface area contributed by atoms with Crippen LogP contribution in [-0.2, 0) is 0 Å². The molecule has 0 saturated heterocycles. The normalized spacial score (nSPS) is 11.3. The third-order valence-corrected chi connectivity index (χ3v) is 3.36. The van der Waals surface area contributed by atoms with Crippen molar-refractivity contribution >= 4 is 36.4 Å². The zero-order valence-corrected chi connectivity index (χ0v) is 11.8. The van der Waals surface area contributed by atoms with Crippen LogP contribution in [-0.4, -0.2) is 12.8 Å². The van der Waals surface area contributed by atoms with E-state index >= 15 is 0 Å². The second-order valence-corrected chi connectivity index (χ2v) is 4.77. The first kappa shape index (κ1) is 13.4. The highest BCUT2D eigenvalue weighted by Crippen LogP contribution is 2.31. The summed E-state index contributed by atoms with van der Waals surface area (Å²) >= 11 is 0. The summed E-state index contributed by atoms with van der Waals surface area (Å²) in [6.07, 6.45) is 7.38. The first-order valence-electron chi connectivity index (χ1n) is 6.76. The summed E-state index contributed by atoms with van der Waals surface area (Å²) in [5.41, 5.74) is 4.41. The number of hydrogen-bond acceptors (Lipinski definition) is 2. The van der Waals surface area contributed by atoms with Crippen LogP contribution in [0.3, 0.4) is 0 Å². The molecule has 0 aliphatic heterocycles. The highest BCUT2D eigenvalue weighted by molar-refractivity contribution is 6.32. The third kappa shape index (κ3) is 2.43. The molecule has 0 fully saturated rings. The molecule has 0 N–H and O–H groups in total. The van der Waals surface area contributed by atoms with Crippen LogP contribution in [0.2, 0.25) is 0 Å². The summed E-state index contributed by atoms with van der Waals surface area (Å²) in [7, 11) is 5.68. The van der Waals surface area contributed by atoms with Gasteiger partial charge in [0.25, 0.3) is 0 Å². The molecule has 100 valence electrons. The Bertz CT molecular complexity index is 828. The Morgan fingerprint density at radius 2 is 2.10 bits per heavy atom. The molecule has 21 heavy (non-hydrogen) atoms. The van der Waals surface area contributed by atoms with E-state index in [0.29, 0.717) is 5.46 Å². The van der Waals surface area contributed by atoms with E-state index in [1.165, 1.54) is 0 Å². The molecule has 3 aromatic rings. The van der Waals surface area contributed by atoms with Gasteiger partial charge in [-0.15, -0.1) is 0 Å². The number of rotatable bonds is 3. The predicted octanol–water partition coefficient (Wildman–Crippen LogP) is 3.96. The van der Waals surface area contributed by atoms with Crippen molar-refractivity contribution in [2.75, 3.05) is 0 Å². The van der Waals surface area contributed by atoms with Crippen molar-refractivity contribution in [2.45, 2.75) is 6.92 Å². The van der Waals surface area contributed by atoms with Crippen molar-refractivity contribution < 1.29 is 4.42 Å². The highest BCUT2D eigenvalue weighted by atomic mass is 16.3. The number of nitrogens with zero attached hydrogens (tertiary/aromatic N) is 1. The Kier molecular flexibility index (Phi) is 3.49. The van der Waals surface area contributed by atoms with Gasteiger partial charge in [-0.3, -0.25) is 4.98 Å². The maximum Gasteiger partial charge on any atom is 0.135 e. The molecule has 0 saturated carbocycles. The zero-order chi connectivity index (χ0) is 14.8. The Hall–Kier alpha value is -2.55. The van der Waals surface area contributed by atoms with Gasteiger partial charge in [-0.25, -0.2) is 0 Å². The minimum absolute atomic E-state index is 0.658. The van der Waals surface area contributed by atoms with Crippen LogP contribution >= 0.6 is 0 Å². The fourth-order valence-corrected chi connectivity index (χ4v) is 2.36. The van der Waals surface area contributed by atoms with Gasteiger partial charge in [0.05, 0.1) is 5.69 Å². The number of hydrogen-bond donors (Lipinski definition) is 0. The molecular formula is C18H14BNO. The molecule has 0 unspecified atom stereocenters. The predicted molar refractivity (Wildman–Crippen MR) is 89.6 cm³/mol. The topological polar surface area (TPSA) is 26.0 Å². The molecule has 0 aliphatic carbocycles.